The maximum absolute atomic E-state index is 10.7. The predicted octanol–water partition coefficient (Wildman–Crippen LogP) is 4.18. The van der Waals surface area contributed by atoms with Gasteiger partial charge in [0.2, 0.25) is 0 Å². The molecule has 2 nitrogen and oxygen atoms in total. The Morgan fingerprint density at radius 3 is 1.95 bits per heavy atom. The Bertz CT molecular complexity index is 538. The second-order valence-electron chi connectivity index (χ2n) is 7.76. The van der Waals surface area contributed by atoms with E-state index in [0.29, 0.717) is 11.3 Å². The Morgan fingerprint density at radius 2 is 1.45 bits per heavy atom. The van der Waals surface area contributed by atoms with Gasteiger partial charge in [-0.2, -0.15) is 0 Å². The van der Waals surface area contributed by atoms with Crippen LogP contribution in [0.15, 0.2) is 6.07 Å². The van der Waals surface area contributed by atoms with Crippen LogP contribution >= 0.6 is 0 Å². The fraction of sp³-hybridized carbons (Fsp3) is 0.667. The van der Waals surface area contributed by atoms with E-state index < -0.39 is 0 Å². The van der Waals surface area contributed by atoms with Gasteiger partial charge in [-0.3, -0.25) is 0 Å². The molecule has 0 aromatic heterocycles. The summed E-state index contributed by atoms with van der Waals surface area (Å²) in [5, 5.41) is 20.6. The molecule has 0 spiro atoms. The number of phenolic OH excluding ortho intramolecular Hbond substituents is 2. The van der Waals surface area contributed by atoms with E-state index >= 15 is 0 Å². The number of phenols is 2. The van der Waals surface area contributed by atoms with E-state index in [1.807, 2.05) is 19.9 Å². The van der Waals surface area contributed by atoms with Crippen LogP contribution in [0.5, 0.6) is 11.5 Å². The predicted molar refractivity (Wildman–Crippen MR) is 79.1 cm³/mol. The standard InChI is InChI=1S/C18H24O2/c1-10-3-15(19)11(2)17(20)16(10)18-7-12-4-13(8-18)6-14(5-12)9-18/h3,12-14,19-20H,4-9H2,1-2H3. The van der Waals surface area contributed by atoms with Crippen LogP contribution < -0.4 is 0 Å². The van der Waals surface area contributed by atoms with Gasteiger partial charge in [0.25, 0.3) is 0 Å². The lowest BCUT2D eigenvalue weighted by Gasteiger charge is -2.57. The Hall–Kier alpha value is -1.18. The van der Waals surface area contributed by atoms with Crippen molar-refractivity contribution >= 4 is 0 Å². The number of aryl methyl sites for hydroxylation is 1. The van der Waals surface area contributed by atoms with E-state index in [9.17, 15) is 10.2 Å². The van der Waals surface area contributed by atoms with Gasteiger partial charge in [-0.05, 0) is 81.8 Å². The molecular weight excluding hydrogens is 248 g/mol. The Labute approximate surface area is 120 Å². The number of hydrogen-bond acceptors (Lipinski definition) is 2. The van der Waals surface area contributed by atoms with Crippen LogP contribution in [0.25, 0.3) is 0 Å². The second-order valence-corrected chi connectivity index (χ2v) is 7.76. The topological polar surface area (TPSA) is 40.5 Å². The third kappa shape index (κ3) is 1.57. The summed E-state index contributed by atoms with van der Waals surface area (Å²) in [4.78, 5) is 0. The van der Waals surface area contributed by atoms with Crippen LogP contribution in [0.4, 0.5) is 0 Å². The molecule has 0 heterocycles. The minimum absolute atomic E-state index is 0.196. The maximum atomic E-state index is 10.7. The molecule has 1 aromatic carbocycles. The molecule has 0 atom stereocenters. The van der Waals surface area contributed by atoms with Crippen LogP contribution in [0.2, 0.25) is 0 Å². The quantitative estimate of drug-likeness (QED) is 0.805. The summed E-state index contributed by atoms with van der Waals surface area (Å²) in [5.41, 5.74) is 3.09. The lowest BCUT2D eigenvalue weighted by molar-refractivity contribution is -0.00647. The minimum atomic E-state index is 0.196. The highest BCUT2D eigenvalue weighted by atomic mass is 16.3. The summed E-state index contributed by atoms with van der Waals surface area (Å²) in [6, 6.07) is 1.85. The summed E-state index contributed by atoms with van der Waals surface area (Å²) in [5.74, 6) is 3.20. The van der Waals surface area contributed by atoms with Gasteiger partial charge in [-0.1, -0.05) is 0 Å². The lowest BCUT2D eigenvalue weighted by atomic mass is 9.47. The first-order valence-corrected chi connectivity index (χ1v) is 8.01. The van der Waals surface area contributed by atoms with E-state index in [1.165, 1.54) is 38.5 Å². The summed E-state index contributed by atoms with van der Waals surface area (Å²) in [6.45, 7) is 3.88. The molecule has 1 aromatic rings. The van der Waals surface area contributed by atoms with Gasteiger partial charge >= 0.3 is 0 Å². The molecule has 108 valence electrons. The average Bonchev–Trinajstić information content (AvgIpc) is 2.34. The van der Waals surface area contributed by atoms with Crippen molar-refractivity contribution in [3.05, 3.63) is 22.8 Å². The van der Waals surface area contributed by atoms with Crippen LogP contribution in [0.1, 0.15) is 55.2 Å². The molecule has 2 N–H and O–H groups in total. The highest BCUT2D eigenvalue weighted by Gasteiger charge is 2.53. The van der Waals surface area contributed by atoms with Gasteiger partial charge in [0, 0.05) is 16.5 Å². The average molecular weight is 272 g/mol. The van der Waals surface area contributed by atoms with Crippen molar-refractivity contribution in [2.45, 2.75) is 57.8 Å². The van der Waals surface area contributed by atoms with Crippen LogP contribution in [0, 0.1) is 31.6 Å². The van der Waals surface area contributed by atoms with Crippen molar-refractivity contribution in [2.24, 2.45) is 17.8 Å². The van der Waals surface area contributed by atoms with Crippen molar-refractivity contribution in [1.82, 2.24) is 0 Å². The normalized spacial score (nSPS) is 38.4. The number of aromatic hydroxyl groups is 2. The molecule has 4 fully saturated rings. The molecule has 0 aliphatic heterocycles. The zero-order chi connectivity index (χ0) is 14.1. The Balaban J connectivity index is 1.87. The number of benzene rings is 1. The number of rotatable bonds is 1. The monoisotopic (exact) mass is 272 g/mol. The summed E-state index contributed by atoms with van der Waals surface area (Å²) >= 11 is 0. The molecule has 5 rings (SSSR count). The Morgan fingerprint density at radius 1 is 0.950 bits per heavy atom. The van der Waals surface area contributed by atoms with Gasteiger partial charge < -0.3 is 10.2 Å². The molecule has 4 bridgehead atoms. The lowest BCUT2D eigenvalue weighted by Crippen LogP contribution is -2.48. The zero-order valence-corrected chi connectivity index (χ0v) is 12.4. The molecule has 0 radical (unpaired) electrons. The highest BCUT2D eigenvalue weighted by molar-refractivity contribution is 5.55. The molecule has 4 aliphatic carbocycles. The second kappa shape index (κ2) is 3.93. The third-order valence-electron chi connectivity index (χ3n) is 6.29. The van der Waals surface area contributed by atoms with Crippen LogP contribution in [0.3, 0.4) is 0 Å². The molecule has 4 saturated carbocycles. The molecule has 0 saturated heterocycles. The minimum Gasteiger partial charge on any atom is -0.508 e. The summed E-state index contributed by atoms with van der Waals surface area (Å²) < 4.78 is 0. The molecule has 20 heavy (non-hydrogen) atoms. The van der Waals surface area contributed by atoms with Gasteiger partial charge in [-0.25, -0.2) is 0 Å². The third-order valence-corrected chi connectivity index (χ3v) is 6.29. The van der Waals surface area contributed by atoms with Crippen molar-refractivity contribution in [2.75, 3.05) is 0 Å². The van der Waals surface area contributed by atoms with E-state index in [0.717, 1.165) is 28.9 Å². The van der Waals surface area contributed by atoms with Crippen LogP contribution in [-0.2, 0) is 5.41 Å². The molecule has 0 unspecified atom stereocenters. The summed E-state index contributed by atoms with van der Waals surface area (Å²) in [6.07, 6.45) is 7.98. The van der Waals surface area contributed by atoms with Crippen LogP contribution in [-0.4, -0.2) is 10.2 Å². The van der Waals surface area contributed by atoms with E-state index in [2.05, 4.69) is 0 Å². The van der Waals surface area contributed by atoms with E-state index in [1.54, 1.807) is 0 Å². The molecule has 0 amide bonds. The van der Waals surface area contributed by atoms with Gasteiger partial charge in [-0.15, -0.1) is 0 Å². The fourth-order valence-corrected chi connectivity index (χ4v) is 5.97. The van der Waals surface area contributed by atoms with Gasteiger partial charge in [0.15, 0.2) is 0 Å². The zero-order valence-electron chi connectivity index (χ0n) is 12.4. The fourth-order valence-electron chi connectivity index (χ4n) is 5.97. The van der Waals surface area contributed by atoms with E-state index in [4.69, 9.17) is 0 Å². The number of hydrogen-bond donors (Lipinski definition) is 2. The van der Waals surface area contributed by atoms with Crippen molar-refractivity contribution < 1.29 is 10.2 Å². The first-order valence-electron chi connectivity index (χ1n) is 8.01. The summed E-state index contributed by atoms with van der Waals surface area (Å²) in [7, 11) is 0. The molecule has 2 heteroatoms. The van der Waals surface area contributed by atoms with Gasteiger partial charge in [0.1, 0.15) is 11.5 Å². The maximum Gasteiger partial charge on any atom is 0.126 e. The first kappa shape index (κ1) is 12.6. The highest BCUT2D eigenvalue weighted by Crippen LogP contribution is 2.62. The van der Waals surface area contributed by atoms with E-state index in [-0.39, 0.29) is 11.2 Å². The molecule has 4 aliphatic rings. The SMILES string of the molecule is Cc1cc(O)c(C)c(O)c1C12CC3CC(CC(C3)C1)C2. The first-order chi connectivity index (χ1) is 9.48. The smallest absolute Gasteiger partial charge is 0.126 e. The van der Waals surface area contributed by atoms with Gasteiger partial charge in [0.05, 0.1) is 0 Å². The molecular formula is C18H24O2. The Kier molecular flexibility index (Phi) is 2.47. The van der Waals surface area contributed by atoms with Crippen molar-refractivity contribution in [3.63, 3.8) is 0 Å². The largest absolute Gasteiger partial charge is 0.508 e. The van der Waals surface area contributed by atoms with Crippen molar-refractivity contribution in [1.29, 1.82) is 0 Å². The van der Waals surface area contributed by atoms with Crippen molar-refractivity contribution in [3.8, 4) is 11.5 Å².